The van der Waals surface area contributed by atoms with Gasteiger partial charge in [0.15, 0.2) is 0 Å². The van der Waals surface area contributed by atoms with Gasteiger partial charge in [0, 0.05) is 25.7 Å². The molecule has 1 aliphatic carbocycles. The van der Waals surface area contributed by atoms with Gasteiger partial charge in [0.2, 0.25) is 15.9 Å². The van der Waals surface area contributed by atoms with E-state index in [1.165, 1.54) is 29.6 Å². The molecule has 0 radical (unpaired) electrons. The van der Waals surface area contributed by atoms with E-state index in [4.69, 9.17) is 4.74 Å². The summed E-state index contributed by atoms with van der Waals surface area (Å²) >= 11 is 0. The van der Waals surface area contributed by atoms with Crippen LogP contribution in [0.15, 0.2) is 29.2 Å². The van der Waals surface area contributed by atoms with Crippen molar-refractivity contribution in [3.8, 4) is 0 Å². The van der Waals surface area contributed by atoms with Crippen molar-refractivity contribution in [1.29, 1.82) is 0 Å². The predicted molar refractivity (Wildman–Crippen MR) is 94.5 cm³/mol. The first-order valence-electron chi connectivity index (χ1n) is 8.90. The van der Waals surface area contributed by atoms with Crippen LogP contribution in [0.1, 0.15) is 32.1 Å². The lowest BCUT2D eigenvalue weighted by Crippen LogP contribution is -2.57. The number of ether oxygens (including phenoxy) is 1. The third-order valence-corrected chi connectivity index (χ3v) is 7.06. The molecule has 0 bridgehead atoms. The Morgan fingerprint density at radius 3 is 2.62 bits per heavy atom. The molecule has 26 heavy (non-hydrogen) atoms. The van der Waals surface area contributed by atoms with Crippen LogP contribution >= 0.6 is 0 Å². The van der Waals surface area contributed by atoms with Crippen LogP contribution in [0.25, 0.3) is 0 Å². The van der Waals surface area contributed by atoms with E-state index in [0.29, 0.717) is 31.8 Å². The number of carbonyl (C=O) groups is 1. The number of benzene rings is 1. The van der Waals surface area contributed by atoms with Crippen LogP contribution in [0.5, 0.6) is 0 Å². The number of amides is 1. The number of hydrogen-bond donors (Lipinski definition) is 1. The lowest BCUT2D eigenvalue weighted by atomic mass is 9.83. The van der Waals surface area contributed by atoms with E-state index >= 15 is 0 Å². The van der Waals surface area contributed by atoms with Crippen LogP contribution in [0.2, 0.25) is 0 Å². The van der Waals surface area contributed by atoms with Gasteiger partial charge in [-0.25, -0.2) is 12.8 Å². The Hall–Kier alpha value is -1.51. The molecule has 6 nitrogen and oxygen atoms in total. The third-order valence-electron chi connectivity index (χ3n) is 5.17. The Labute approximate surface area is 153 Å². The molecule has 1 aromatic rings. The number of carbonyl (C=O) groups excluding carboxylic acids is 1. The lowest BCUT2D eigenvalue weighted by Gasteiger charge is -2.42. The maximum absolute atomic E-state index is 13.4. The van der Waals surface area contributed by atoms with Gasteiger partial charge in [-0.05, 0) is 43.4 Å². The summed E-state index contributed by atoms with van der Waals surface area (Å²) in [4.78, 5) is 12.0. The molecule has 1 saturated heterocycles. The SMILES string of the molecule is COCC(=O)NC1(CC2CC2)CCN(S(=O)(=O)c2cccc(F)c2)CC1. The Morgan fingerprint density at radius 2 is 2.04 bits per heavy atom. The molecule has 0 unspecified atom stereocenters. The van der Waals surface area contributed by atoms with Gasteiger partial charge in [-0.3, -0.25) is 4.79 Å². The zero-order valence-corrected chi connectivity index (χ0v) is 15.7. The highest BCUT2D eigenvalue weighted by atomic mass is 32.2. The van der Waals surface area contributed by atoms with Crippen molar-refractivity contribution in [2.75, 3.05) is 26.8 Å². The zero-order chi connectivity index (χ0) is 18.8. The highest BCUT2D eigenvalue weighted by Crippen LogP contribution is 2.41. The molecule has 2 aliphatic rings. The number of nitrogens with zero attached hydrogens (tertiary/aromatic N) is 1. The van der Waals surface area contributed by atoms with Crippen molar-refractivity contribution in [2.45, 2.75) is 42.5 Å². The van der Waals surface area contributed by atoms with Crippen LogP contribution in [-0.4, -0.2) is 51.0 Å². The van der Waals surface area contributed by atoms with E-state index < -0.39 is 15.8 Å². The Kier molecular flexibility index (Phi) is 5.64. The van der Waals surface area contributed by atoms with E-state index in [2.05, 4.69) is 5.32 Å². The fraction of sp³-hybridized carbons (Fsp3) is 0.611. The van der Waals surface area contributed by atoms with E-state index in [9.17, 15) is 17.6 Å². The summed E-state index contributed by atoms with van der Waals surface area (Å²) < 4.78 is 45.2. The fourth-order valence-electron chi connectivity index (χ4n) is 3.65. The van der Waals surface area contributed by atoms with Crippen molar-refractivity contribution >= 4 is 15.9 Å². The molecule has 1 aromatic carbocycles. The largest absolute Gasteiger partial charge is 0.375 e. The van der Waals surface area contributed by atoms with Gasteiger partial charge >= 0.3 is 0 Å². The molecule has 144 valence electrons. The van der Waals surface area contributed by atoms with Crippen molar-refractivity contribution in [1.82, 2.24) is 9.62 Å². The van der Waals surface area contributed by atoms with Crippen molar-refractivity contribution < 1.29 is 22.3 Å². The highest BCUT2D eigenvalue weighted by Gasteiger charge is 2.42. The molecule has 1 amide bonds. The average Bonchev–Trinajstić information content (AvgIpc) is 3.39. The lowest BCUT2D eigenvalue weighted by molar-refractivity contribution is -0.127. The minimum absolute atomic E-state index is 0.00226. The number of halogens is 1. The molecule has 0 spiro atoms. The molecule has 8 heteroatoms. The molecule has 1 N–H and O–H groups in total. The molecule has 1 saturated carbocycles. The first-order chi connectivity index (χ1) is 12.3. The maximum atomic E-state index is 13.4. The number of rotatable bonds is 7. The fourth-order valence-corrected chi connectivity index (χ4v) is 5.12. The van der Waals surface area contributed by atoms with Crippen LogP contribution in [0, 0.1) is 11.7 Å². The standard InChI is InChI=1S/C18H25FN2O4S/c1-25-13-17(22)20-18(12-14-5-6-14)7-9-21(10-8-18)26(23,24)16-4-2-3-15(19)11-16/h2-4,11,14H,5-10,12-13H2,1H3,(H,20,22). The molecule has 2 fully saturated rings. The average molecular weight is 384 g/mol. The molecule has 3 rings (SSSR count). The van der Waals surface area contributed by atoms with Crippen LogP contribution in [0.4, 0.5) is 4.39 Å². The Morgan fingerprint density at radius 1 is 1.35 bits per heavy atom. The van der Waals surface area contributed by atoms with Gasteiger partial charge in [-0.1, -0.05) is 18.9 Å². The predicted octanol–water partition coefficient (Wildman–Crippen LogP) is 1.91. The van der Waals surface area contributed by atoms with Gasteiger partial charge < -0.3 is 10.1 Å². The van der Waals surface area contributed by atoms with Crippen LogP contribution < -0.4 is 5.32 Å². The second-order valence-electron chi connectivity index (χ2n) is 7.27. The van der Waals surface area contributed by atoms with Crippen molar-refractivity contribution in [3.63, 3.8) is 0 Å². The second kappa shape index (κ2) is 7.62. The quantitative estimate of drug-likeness (QED) is 0.779. The van der Waals surface area contributed by atoms with E-state index in [1.54, 1.807) is 0 Å². The smallest absolute Gasteiger partial charge is 0.246 e. The monoisotopic (exact) mass is 384 g/mol. The summed E-state index contributed by atoms with van der Waals surface area (Å²) in [6.45, 7) is 0.607. The van der Waals surface area contributed by atoms with Gasteiger partial charge in [0.25, 0.3) is 0 Å². The van der Waals surface area contributed by atoms with Gasteiger partial charge in [0.1, 0.15) is 12.4 Å². The minimum atomic E-state index is -3.73. The first-order valence-corrected chi connectivity index (χ1v) is 10.3. The molecular formula is C18H25FN2O4S. The van der Waals surface area contributed by atoms with Crippen LogP contribution in [-0.2, 0) is 19.6 Å². The van der Waals surface area contributed by atoms with Crippen molar-refractivity contribution in [3.05, 3.63) is 30.1 Å². The molecular weight excluding hydrogens is 359 g/mol. The summed E-state index contributed by atoms with van der Waals surface area (Å²) in [5.74, 6) is -0.142. The summed E-state index contributed by atoms with van der Waals surface area (Å²) in [5.41, 5.74) is -0.384. The van der Waals surface area contributed by atoms with Gasteiger partial charge in [-0.15, -0.1) is 0 Å². The zero-order valence-electron chi connectivity index (χ0n) is 14.9. The molecule has 0 atom stereocenters. The summed E-state index contributed by atoms with van der Waals surface area (Å²) in [5, 5.41) is 3.08. The molecule has 1 aliphatic heterocycles. The van der Waals surface area contributed by atoms with E-state index in [-0.39, 0.29) is 22.9 Å². The van der Waals surface area contributed by atoms with Gasteiger partial charge in [0.05, 0.1) is 4.90 Å². The summed E-state index contributed by atoms with van der Waals surface area (Å²) in [7, 11) is -2.26. The van der Waals surface area contributed by atoms with Gasteiger partial charge in [-0.2, -0.15) is 4.31 Å². The number of nitrogens with one attached hydrogen (secondary N) is 1. The normalized spacial score (nSPS) is 20.7. The number of hydrogen-bond acceptors (Lipinski definition) is 4. The molecule has 1 heterocycles. The molecule has 0 aromatic heterocycles. The first kappa shape index (κ1) is 19.3. The Balaban J connectivity index is 1.71. The maximum Gasteiger partial charge on any atom is 0.246 e. The number of piperidine rings is 1. The number of sulfonamides is 1. The Bertz CT molecular complexity index is 756. The van der Waals surface area contributed by atoms with E-state index in [0.717, 1.165) is 25.3 Å². The second-order valence-corrected chi connectivity index (χ2v) is 9.21. The third kappa shape index (κ3) is 4.42. The van der Waals surface area contributed by atoms with Crippen molar-refractivity contribution in [2.24, 2.45) is 5.92 Å². The number of methoxy groups -OCH3 is 1. The summed E-state index contributed by atoms with van der Waals surface area (Å²) in [6.07, 6.45) is 4.29. The minimum Gasteiger partial charge on any atom is -0.375 e. The van der Waals surface area contributed by atoms with E-state index in [1.807, 2.05) is 0 Å². The topological polar surface area (TPSA) is 75.7 Å². The summed E-state index contributed by atoms with van der Waals surface area (Å²) in [6, 6.07) is 5.07. The highest BCUT2D eigenvalue weighted by molar-refractivity contribution is 7.89. The van der Waals surface area contributed by atoms with Crippen LogP contribution in [0.3, 0.4) is 0 Å².